The Morgan fingerprint density at radius 1 is 1.00 bits per heavy atom. The van der Waals surface area contributed by atoms with E-state index >= 15 is 0 Å². The first-order valence-electron chi connectivity index (χ1n) is 6.83. The van der Waals surface area contributed by atoms with Crippen LogP contribution in [0, 0.1) is 0 Å². The highest BCUT2D eigenvalue weighted by Gasteiger charge is 2.35. The summed E-state index contributed by atoms with van der Waals surface area (Å²) in [6, 6.07) is 0.117. The van der Waals surface area contributed by atoms with Gasteiger partial charge in [-0.2, -0.15) is 0 Å². The quantitative estimate of drug-likeness (QED) is 0.746. The van der Waals surface area contributed by atoms with E-state index in [0.29, 0.717) is 13.1 Å². The zero-order valence-corrected chi connectivity index (χ0v) is 12.1. The lowest BCUT2D eigenvalue weighted by molar-refractivity contribution is 0.0871. The molecule has 0 aliphatic carbocycles. The van der Waals surface area contributed by atoms with E-state index < -0.39 is 0 Å². The molecule has 0 radical (unpaired) electrons. The van der Waals surface area contributed by atoms with Crippen LogP contribution >= 0.6 is 0 Å². The van der Waals surface area contributed by atoms with Gasteiger partial charge in [-0.25, -0.2) is 4.79 Å². The van der Waals surface area contributed by atoms with Gasteiger partial charge in [0.1, 0.15) is 0 Å². The largest absolute Gasteiger partial charge is 0.328 e. The van der Waals surface area contributed by atoms with Gasteiger partial charge in [-0.15, -0.1) is 0 Å². The fraction of sp³-hybridized carbons (Fsp3) is 0.923. The number of hydrogen-bond donors (Lipinski definition) is 1. The normalized spacial score (nSPS) is 11.4. The summed E-state index contributed by atoms with van der Waals surface area (Å²) in [6.07, 6.45) is 1.81. The van der Waals surface area contributed by atoms with Gasteiger partial charge in [-0.1, -0.05) is 13.8 Å². The minimum atomic E-state index is -0.186. The van der Waals surface area contributed by atoms with Gasteiger partial charge in [0.05, 0.1) is 5.54 Å². The molecule has 0 aromatic carbocycles. The van der Waals surface area contributed by atoms with Crippen LogP contribution < -0.4 is 5.73 Å². The average molecular weight is 243 g/mol. The molecule has 0 atom stereocenters. The maximum Gasteiger partial charge on any atom is 0.320 e. The molecule has 102 valence electrons. The van der Waals surface area contributed by atoms with Crippen LogP contribution in [0.4, 0.5) is 4.79 Å². The van der Waals surface area contributed by atoms with Crippen molar-refractivity contribution in [2.24, 2.45) is 5.73 Å². The molecular formula is C13H29N3O. The maximum atomic E-state index is 12.5. The van der Waals surface area contributed by atoms with Gasteiger partial charge < -0.3 is 15.5 Å². The first-order chi connectivity index (χ1) is 8.06. The van der Waals surface area contributed by atoms with Crippen LogP contribution in [0.5, 0.6) is 0 Å². The molecule has 4 heteroatoms. The Hall–Kier alpha value is -0.770. The van der Waals surface area contributed by atoms with E-state index in [1.165, 1.54) is 0 Å². The lowest BCUT2D eigenvalue weighted by Gasteiger charge is -2.44. The lowest BCUT2D eigenvalue weighted by Crippen LogP contribution is -2.59. The van der Waals surface area contributed by atoms with Crippen molar-refractivity contribution in [2.45, 2.75) is 53.0 Å². The molecule has 0 saturated heterocycles. The van der Waals surface area contributed by atoms with E-state index in [1.54, 1.807) is 0 Å². The monoisotopic (exact) mass is 243 g/mol. The highest BCUT2D eigenvalue weighted by atomic mass is 16.2. The predicted molar refractivity (Wildman–Crippen MR) is 73.1 cm³/mol. The van der Waals surface area contributed by atoms with E-state index in [9.17, 15) is 4.79 Å². The van der Waals surface area contributed by atoms with Crippen LogP contribution in [0.3, 0.4) is 0 Å². The number of nitrogens with zero attached hydrogens (tertiary/aromatic N) is 2. The molecule has 2 amide bonds. The number of amides is 2. The molecule has 0 rings (SSSR count). The number of nitrogens with two attached hydrogens (primary N) is 1. The SMILES string of the molecule is CCN(CC)C(=O)N(CC)C(CC)(CC)CN. The van der Waals surface area contributed by atoms with Crippen molar-refractivity contribution in [1.29, 1.82) is 0 Å². The lowest BCUT2D eigenvalue weighted by atomic mass is 9.91. The predicted octanol–water partition coefficient (Wildman–Crippen LogP) is 2.29. The molecule has 0 fully saturated rings. The molecule has 0 unspecified atom stereocenters. The standard InChI is InChI=1S/C13H29N3O/c1-6-13(7-2,11-14)16(10-5)12(17)15(8-3)9-4/h6-11,14H2,1-5H3. The molecule has 2 N–H and O–H groups in total. The first-order valence-corrected chi connectivity index (χ1v) is 6.83. The summed E-state index contributed by atoms with van der Waals surface area (Å²) in [5.74, 6) is 0. The maximum absolute atomic E-state index is 12.5. The minimum absolute atomic E-state index is 0.117. The molecule has 17 heavy (non-hydrogen) atoms. The summed E-state index contributed by atoms with van der Waals surface area (Å²) in [5.41, 5.74) is 5.73. The van der Waals surface area contributed by atoms with Gasteiger partial charge in [-0.05, 0) is 33.6 Å². The van der Waals surface area contributed by atoms with Crippen LogP contribution in [0.2, 0.25) is 0 Å². The van der Waals surface area contributed by atoms with E-state index in [0.717, 1.165) is 25.9 Å². The summed E-state index contributed by atoms with van der Waals surface area (Å²) in [6.45, 7) is 13.0. The number of carbonyl (C=O) groups is 1. The summed E-state index contributed by atoms with van der Waals surface area (Å²) in [4.78, 5) is 16.3. The molecule has 0 aliphatic rings. The van der Waals surface area contributed by atoms with Gasteiger partial charge in [0, 0.05) is 26.2 Å². The second kappa shape index (κ2) is 7.54. The fourth-order valence-corrected chi connectivity index (χ4v) is 2.37. The van der Waals surface area contributed by atoms with Crippen LogP contribution in [0.1, 0.15) is 47.5 Å². The minimum Gasteiger partial charge on any atom is -0.328 e. The average Bonchev–Trinajstić information content (AvgIpc) is 2.37. The van der Waals surface area contributed by atoms with Crippen molar-refractivity contribution < 1.29 is 4.79 Å². The van der Waals surface area contributed by atoms with Gasteiger partial charge in [0.2, 0.25) is 0 Å². The smallest absolute Gasteiger partial charge is 0.320 e. The Balaban J connectivity index is 5.09. The Bertz CT molecular complexity index is 214. The number of rotatable bonds is 7. The number of likely N-dealkylation sites (N-methyl/N-ethyl adjacent to an activating group) is 1. The van der Waals surface area contributed by atoms with E-state index in [1.807, 2.05) is 30.6 Å². The molecule has 0 heterocycles. The van der Waals surface area contributed by atoms with E-state index in [4.69, 9.17) is 5.73 Å². The third-order valence-electron chi connectivity index (χ3n) is 3.85. The van der Waals surface area contributed by atoms with Gasteiger partial charge in [-0.3, -0.25) is 0 Å². The van der Waals surface area contributed by atoms with Crippen molar-refractivity contribution in [1.82, 2.24) is 9.80 Å². The Morgan fingerprint density at radius 2 is 1.47 bits per heavy atom. The Labute approximate surface area is 106 Å². The second-order valence-corrected chi connectivity index (χ2v) is 4.33. The third-order valence-corrected chi connectivity index (χ3v) is 3.85. The highest BCUT2D eigenvalue weighted by molar-refractivity contribution is 5.75. The van der Waals surface area contributed by atoms with Crippen LogP contribution in [0.15, 0.2) is 0 Å². The number of urea groups is 1. The Kier molecular flexibility index (Phi) is 7.19. The van der Waals surface area contributed by atoms with Crippen molar-refractivity contribution in [2.75, 3.05) is 26.2 Å². The molecule has 0 aromatic heterocycles. The fourth-order valence-electron chi connectivity index (χ4n) is 2.37. The van der Waals surface area contributed by atoms with Gasteiger partial charge >= 0.3 is 6.03 Å². The topological polar surface area (TPSA) is 49.6 Å². The molecule has 0 spiro atoms. The molecule has 0 aromatic rings. The van der Waals surface area contributed by atoms with Crippen molar-refractivity contribution in [3.63, 3.8) is 0 Å². The molecular weight excluding hydrogens is 214 g/mol. The first kappa shape index (κ1) is 16.2. The zero-order valence-electron chi connectivity index (χ0n) is 12.1. The van der Waals surface area contributed by atoms with Crippen LogP contribution in [-0.4, -0.2) is 47.5 Å². The highest BCUT2D eigenvalue weighted by Crippen LogP contribution is 2.24. The molecule has 0 saturated carbocycles. The van der Waals surface area contributed by atoms with Crippen molar-refractivity contribution in [3.05, 3.63) is 0 Å². The van der Waals surface area contributed by atoms with Crippen LogP contribution in [-0.2, 0) is 0 Å². The van der Waals surface area contributed by atoms with Crippen molar-refractivity contribution in [3.8, 4) is 0 Å². The summed E-state index contributed by atoms with van der Waals surface area (Å²) < 4.78 is 0. The number of carbonyl (C=O) groups excluding carboxylic acids is 1. The number of hydrogen-bond acceptors (Lipinski definition) is 2. The Morgan fingerprint density at radius 3 is 1.71 bits per heavy atom. The van der Waals surface area contributed by atoms with Gasteiger partial charge in [0.15, 0.2) is 0 Å². The summed E-state index contributed by atoms with van der Waals surface area (Å²) in [7, 11) is 0. The zero-order chi connectivity index (χ0) is 13.5. The van der Waals surface area contributed by atoms with E-state index in [-0.39, 0.29) is 11.6 Å². The molecule has 0 bridgehead atoms. The summed E-state index contributed by atoms with van der Waals surface area (Å²) in [5, 5.41) is 0. The van der Waals surface area contributed by atoms with Crippen molar-refractivity contribution >= 4 is 6.03 Å². The van der Waals surface area contributed by atoms with E-state index in [2.05, 4.69) is 13.8 Å². The third kappa shape index (κ3) is 3.35. The van der Waals surface area contributed by atoms with Gasteiger partial charge in [0.25, 0.3) is 0 Å². The second-order valence-electron chi connectivity index (χ2n) is 4.33. The molecule has 0 aliphatic heterocycles. The van der Waals surface area contributed by atoms with Crippen LogP contribution in [0.25, 0.3) is 0 Å². The summed E-state index contributed by atoms with van der Waals surface area (Å²) >= 11 is 0. The molecule has 4 nitrogen and oxygen atoms in total.